The number of halogens is 1. The highest BCUT2D eigenvalue weighted by Gasteiger charge is 2.27. The predicted molar refractivity (Wildman–Crippen MR) is 150 cm³/mol. The number of nitrogens with zero attached hydrogens (tertiary/aromatic N) is 3. The van der Waals surface area contributed by atoms with Crippen molar-refractivity contribution in [3.05, 3.63) is 90.0 Å². The van der Waals surface area contributed by atoms with E-state index in [9.17, 15) is 14.0 Å². The third-order valence-electron chi connectivity index (χ3n) is 7.30. The van der Waals surface area contributed by atoms with Gasteiger partial charge in [0.25, 0.3) is 0 Å². The van der Waals surface area contributed by atoms with Crippen LogP contribution in [0.1, 0.15) is 50.2 Å². The number of imidazole rings is 1. The number of aryl methyl sites for hydroxylation is 1. The lowest BCUT2D eigenvalue weighted by Gasteiger charge is -2.30. The van der Waals surface area contributed by atoms with Gasteiger partial charge in [0.05, 0.1) is 23.9 Å². The first-order valence-corrected chi connectivity index (χ1v) is 13.2. The van der Waals surface area contributed by atoms with Crippen LogP contribution in [0.3, 0.4) is 0 Å². The molecule has 0 spiro atoms. The lowest BCUT2D eigenvalue weighted by molar-refractivity contribution is -0.123. The number of hydrogen-bond donors (Lipinski definition) is 0. The molecule has 1 saturated carbocycles. The van der Waals surface area contributed by atoms with Crippen molar-refractivity contribution in [2.24, 2.45) is 13.0 Å². The van der Waals surface area contributed by atoms with E-state index in [1.807, 2.05) is 30.1 Å². The van der Waals surface area contributed by atoms with E-state index in [4.69, 9.17) is 0 Å². The molecule has 0 atom stereocenters. The summed E-state index contributed by atoms with van der Waals surface area (Å²) in [5.41, 5.74) is 6.18. The van der Waals surface area contributed by atoms with E-state index in [-0.39, 0.29) is 17.6 Å². The topological polar surface area (TPSA) is 55.2 Å². The van der Waals surface area contributed by atoms with Crippen LogP contribution in [0.2, 0.25) is 0 Å². The van der Waals surface area contributed by atoms with Gasteiger partial charge in [0, 0.05) is 18.7 Å². The second kappa shape index (κ2) is 11.1. The van der Waals surface area contributed by atoms with Crippen LogP contribution >= 0.6 is 0 Å². The Labute approximate surface area is 222 Å². The molecule has 1 aromatic heterocycles. The third kappa shape index (κ3) is 5.75. The smallest absolute Gasteiger partial charge is 0.230 e. The molecule has 5 rings (SSSR count). The molecule has 1 aliphatic carbocycles. The Morgan fingerprint density at radius 1 is 1.00 bits per heavy atom. The highest BCUT2D eigenvalue weighted by molar-refractivity contribution is 5.96. The summed E-state index contributed by atoms with van der Waals surface area (Å²) in [5.74, 6) is -0.588. The van der Waals surface area contributed by atoms with Gasteiger partial charge in [0.15, 0.2) is 5.78 Å². The van der Waals surface area contributed by atoms with Gasteiger partial charge < -0.3 is 9.47 Å². The highest BCUT2D eigenvalue weighted by Crippen LogP contribution is 2.31. The Morgan fingerprint density at radius 3 is 2.47 bits per heavy atom. The van der Waals surface area contributed by atoms with Gasteiger partial charge in [-0.2, -0.15) is 0 Å². The summed E-state index contributed by atoms with van der Waals surface area (Å²) < 4.78 is 16.6. The maximum atomic E-state index is 14.6. The van der Waals surface area contributed by atoms with Crippen molar-refractivity contribution >= 4 is 34.5 Å². The van der Waals surface area contributed by atoms with E-state index in [1.165, 1.54) is 25.1 Å². The summed E-state index contributed by atoms with van der Waals surface area (Å²) in [6, 6.07) is 18.9. The molecule has 5 nitrogen and oxygen atoms in total. The van der Waals surface area contributed by atoms with E-state index in [1.54, 1.807) is 17.0 Å². The minimum absolute atomic E-state index is 0.0291. The zero-order valence-electron chi connectivity index (χ0n) is 21.9. The molecule has 4 aromatic rings. The Morgan fingerprint density at radius 2 is 1.74 bits per heavy atom. The Kier molecular flexibility index (Phi) is 7.50. The fourth-order valence-corrected chi connectivity index (χ4v) is 5.23. The molecule has 38 heavy (non-hydrogen) atoms. The van der Waals surface area contributed by atoms with E-state index in [2.05, 4.69) is 35.3 Å². The average molecular weight is 510 g/mol. The molecule has 3 aromatic carbocycles. The second-order valence-electron chi connectivity index (χ2n) is 10.2. The third-order valence-corrected chi connectivity index (χ3v) is 7.30. The molecule has 194 valence electrons. The summed E-state index contributed by atoms with van der Waals surface area (Å²) in [6.07, 6.45) is 9.74. The number of aromatic nitrogens is 2. The predicted octanol–water partition coefficient (Wildman–Crippen LogP) is 7.10. The molecule has 0 saturated heterocycles. The normalized spacial score (nSPS) is 14.3. The Bertz CT molecular complexity index is 1500. The standard InChI is InChI=1S/C32H32FN3O2/c1-22(37)8-9-24-16-28(33)19-29(17-24)36(32(38)26-6-4-3-5-7-26)20-23-10-12-25(13-11-23)27-14-15-31-30(18-27)34-21-35(31)2/h8-19,21,26H,3-7,20H2,1-2H3/b9-8+. The van der Waals surface area contributed by atoms with Crippen LogP contribution in [0, 0.1) is 11.7 Å². The summed E-state index contributed by atoms with van der Waals surface area (Å²) in [5, 5.41) is 0. The minimum atomic E-state index is -0.438. The van der Waals surface area contributed by atoms with Crippen molar-refractivity contribution in [2.45, 2.75) is 45.6 Å². The van der Waals surface area contributed by atoms with Crippen molar-refractivity contribution in [2.75, 3.05) is 4.90 Å². The van der Waals surface area contributed by atoms with Crippen molar-refractivity contribution in [1.82, 2.24) is 9.55 Å². The zero-order chi connectivity index (χ0) is 26.6. The van der Waals surface area contributed by atoms with Crippen LogP contribution in [0.4, 0.5) is 10.1 Å². The fraction of sp³-hybridized carbons (Fsp3) is 0.281. The van der Waals surface area contributed by atoms with Crippen LogP contribution in [-0.2, 0) is 23.2 Å². The van der Waals surface area contributed by atoms with Crippen molar-refractivity contribution in [1.29, 1.82) is 0 Å². The van der Waals surface area contributed by atoms with Gasteiger partial charge in [-0.1, -0.05) is 55.7 Å². The molecule has 0 bridgehead atoms. The zero-order valence-corrected chi connectivity index (χ0v) is 21.9. The van der Waals surface area contributed by atoms with Crippen molar-refractivity contribution in [3.8, 4) is 11.1 Å². The lowest BCUT2D eigenvalue weighted by Crippen LogP contribution is -2.36. The molecular formula is C32H32FN3O2. The van der Waals surface area contributed by atoms with E-state index in [0.29, 0.717) is 17.8 Å². The van der Waals surface area contributed by atoms with Crippen molar-refractivity contribution in [3.63, 3.8) is 0 Å². The Balaban J connectivity index is 1.44. The molecule has 1 fully saturated rings. The van der Waals surface area contributed by atoms with Crippen LogP contribution in [-0.4, -0.2) is 21.2 Å². The second-order valence-corrected chi connectivity index (χ2v) is 10.2. The largest absolute Gasteiger partial charge is 0.334 e. The summed E-state index contributed by atoms with van der Waals surface area (Å²) >= 11 is 0. The van der Waals surface area contributed by atoms with Gasteiger partial charge in [0.2, 0.25) is 5.91 Å². The average Bonchev–Trinajstić information content (AvgIpc) is 3.30. The summed E-state index contributed by atoms with van der Waals surface area (Å²) in [4.78, 5) is 31.3. The molecule has 6 heteroatoms. The Hall–Kier alpha value is -4.06. The molecule has 1 amide bonds. The van der Waals surface area contributed by atoms with Crippen LogP contribution in [0.5, 0.6) is 0 Å². The number of rotatable bonds is 7. The highest BCUT2D eigenvalue weighted by atomic mass is 19.1. The van der Waals surface area contributed by atoms with E-state index in [0.717, 1.165) is 59.8 Å². The van der Waals surface area contributed by atoms with E-state index >= 15 is 0 Å². The van der Waals surface area contributed by atoms with Crippen molar-refractivity contribution < 1.29 is 14.0 Å². The number of amides is 1. The lowest BCUT2D eigenvalue weighted by atomic mass is 9.88. The number of anilines is 1. The maximum absolute atomic E-state index is 14.6. The number of ketones is 1. The summed E-state index contributed by atoms with van der Waals surface area (Å²) in [6.45, 7) is 1.79. The van der Waals surface area contributed by atoms with Crippen LogP contribution in [0.15, 0.2) is 73.1 Å². The molecule has 0 unspecified atom stereocenters. The van der Waals surface area contributed by atoms with Gasteiger partial charge in [0.1, 0.15) is 5.82 Å². The number of allylic oxidation sites excluding steroid dienone is 1. The molecule has 0 aliphatic heterocycles. The molecular weight excluding hydrogens is 477 g/mol. The van der Waals surface area contributed by atoms with Gasteiger partial charge in [-0.15, -0.1) is 0 Å². The number of carbonyl (C=O) groups excluding carboxylic acids is 2. The van der Waals surface area contributed by atoms with E-state index < -0.39 is 5.82 Å². The van der Waals surface area contributed by atoms with Crippen LogP contribution in [0.25, 0.3) is 28.2 Å². The molecule has 1 heterocycles. The number of hydrogen-bond acceptors (Lipinski definition) is 3. The summed E-state index contributed by atoms with van der Waals surface area (Å²) in [7, 11) is 1.98. The monoisotopic (exact) mass is 509 g/mol. The molecule has 1 aliphatic rings. The first kappa shape index (κ1) is 25.6. The van der Waals surface area contributed by atoms with Gasteiger partial charge in [-0.25, -0.2) is 9.37 Å². The quantitative estimate of drug-likeness (QED) is 0.250. The molecule has 0 N–H and O–H groups in total. The first-order valence-electron chi connectivity index (χ1n) is 13.2. The fourth-order valence-electron chi connectivity index (χ4n) is 5.23. The maximum Gasteiger partial charge on any atom is 0.230 e. The van der Waals surface area contributed by atoms with Gasteiger partial charge in [-0.3, -0.25) is 9.59 Å². The SMILES string of the molecule is CC(=O)/C=C/c1cc(F)cc(N(Cc2ccc(-c3ccc4c(c3)ncn4C)cc2)C(=O)C2CCCCC2)c1. The first-order chi connectivity index (χ1) is 18.4. The minimum Gasteiger partial charge on any atom is -0.334 e. The number of benzene rings is 3. The number of fused-ring (bicyclic) bond motifs is 1. The van der Waals surface area contributed by atoms with Crippen LogP contribution < -0.4 is 4.90 Å². The van der Waals surface area contributed by atoms with Gasteiger partial charge >= 0.3 is 0 Å². The molecule has 0 radical (unpaired) electrons. The number of carbonyl (C=O) groups is 2. The van der Waals surface area contributed by atoms with Gasteiger partial charge in [-0.05, 0) is 78.4 Å².